The van der Waals surface area contributed by atoms with Gasteiger partial charge >= 0.3 is 0 Å². The van der Waals surface area contributed by atoms with Gasteiger partial charge in [-0.05, 0) is 31.0 Å². The van der Waals surface area contributed by atoms with Gasteiger partial charge in [-0.1, -0.05) is 37.1 Å². The maximum absolute atomic E-state index is 11.5. The standard InChI is InChI=1S/C14H20ClNO2/c1-3-4-5-13(17)16-10-14(2,18)11-6-8-12(15)9-7-11/h6-9,18H,3-5,10H2,1-2H3,(H,16,17). The van der Waals surface area contributed by atoms with Crippen LogP contribution in [0.15, 0.2) is 24.3 Å². The third-order valence-electron chi connectivity index (χ3n) is 2.85. The highest BCUT2D eigenvalue weighted by molar-refractivity contribution is 6.30. The number of nitrogens with one attached hydrogen (secondary N) is 1. The largest absolute Gasteiger partial charge is 0.384 e. The lowest BCUT2D eigenvalue weighted by atomic mass is 9.96. The molecule has 0 heterocycles. The predicted octanol–water partition coefficient (Wildman–Crippen LogP) is 2.85. The van der Waals surface area contributed by atoms with Crippen LogP contribution < -0.4 is 5.32 Å². The average Bonchev–Trinajstić information content (AvgIpc) is 2.34. The second kappa shape index (κ2) is 6.76. The van der Waals surface area contributed by atoms with Crippen LogP contribution in [0, 0.1) is 0 Å². The number of unbranched alkanes of at least 4 members (excludes halogenated alkanes) is 1. The molecule has 0 aliphatic heterocycles. The molecule has 18 heavy (non-hydrogen) atoms. The fraction of sp³-hybridized carbons (Fsp3) is 0.500. The Balaban J connectivity index is 2.54. The van der Waals surface area contributed by atoms with Crippen LogP contribution in [-0.2, 0) is 10.4 Å². The van der Waals surface area contributed by atoms with Gasteiger partial charge in [0.25, 0.3) is 0 Å². The lowest BCUT2D eigenvalue weighted by molar-refractivity contribution is -0.122. The third kappa shape index (κ3) is 4.67. The third-order valence-corrected chi connectivity index (χ3v) is 3.11. The van der Waals surface area contributed by atoms with E-state index in [0.29, 0.717) is 11.4 Å². The maximum Gasteiger partial charge on any atom is 0.220 e. The molecule has 2 N–H and O–H groups in total. The zero-order valence-electron chi connectivity index (χ0n) is 10.9. The van der Waals surface area contributed by atoms with Crippen LogP contribution in [0.5, 0.6) is 0 Å². The van der Waals surface area contributed by atoms with Gasteiger partial charge in [0.1, 0.15) is 5.60 Å². The van der Waals surface area contributed by atoms with E-state index in [2.05, 4.69) is 5.32 Å². The Morgan fingerprint density at radius 3 is 2.56 bits per heavy atom. The van der Waals surface area contributed by atoms with Crippen LogP contribution in [0.3, 0.4) is 0 Å². The minimum Gasteiger partial charge on any atom is -0.384 e. The first kappa shape index (κ1) is 15.0. The van der Waals surface area contributed by atoms with E-state index < -0.39 is 5.60 Å². The van der Waals surface area contributed by atoms with Crippen molar-refractivity contribution in [2.24, 2.45) is 0 Å². The highest BCUT2D eigenvalue weighted by Gasteiger charge is 2.23. The van der Waals surface area contributed by atoms with E-state index in [-0.39, 0.29) is 12.5 Å². The molecule has 0 aliphatic carbocycles. The van der Waals surface area contributed by atoms with Crippen molar-refractivity contribution >= 4 is 17.5 Å². The number of benzene rings is 1. The summed E-state index contributed by atoms with van der Waals surface area (Å²) < 4.78 is 0. The summed E-state index contributed by atoms with van der Waals surface area (Å²) >= 11 is 5.80. The van der Waals surface area contributed by atoms with Gasteiger partial charge in [-0.15, -0.1) is 0 Å². The van der Waals surface area contributed by atoms with E-state index in [1.165, 1.54) is 0 Å². The molecule has 1 unspecified atom stereocenters. The van der Waals surface area contributed by atoms with Crippen molar-refractivity contribution < 1.29 is 9.90 Å². The number of halogens is 1. The van der Waals surface area contributed by atoms with E-state index in [0.717, 1.165) is 18.4 Å². The van der Waals surface area contributed by atoms with Crippen molar-refractivity contribution in [3.63, 3.8) is 0 Å². The van der Waals surface area contributed by atoms with Crippen molar-refractivity contribution in [3.8, 4) is 0 Å². The van der Waals surface area contributed by atoms with Crippen molar-refractivity contribution in [1.82, 2.24) is 5.32 Å². The Morgan fingerprint density at radius 1 is 1.39 bits per heavy atom. The van der Waals surface area contributed by atoms with Gasteiger partial charge in [0.05, 0.1) is 6.54 Å². The number of carbonyl (C=O) groups excluding carboxylic acids is 1. The Bertz CT molecular complexity index is 387. The summed E-state index contributed by atoms with van der Waals surface area (Å²) in [4.78, 5) is 11.5. The first-order chi connectivity index (χ1) is 8.45. The number of amides is 1. The molecule has 0 fully saturated rings. The summed E-state index contributed by atoms with van der Waals surface area (Å²) in [6, 6.07) is 6.98. The average molecular weight is 270 g/mol. The van der Waals surface area contributed by atoms with Crippen LogP contribution in [0.2, 0.25) is 5.02 Å². The number of hydrogen-bond donors (Lipinski definition) is 2. The lowest BCUT2D eigenvalue weighted by Gasteiger charge is -2.24. The fourth-order valence-electron chi connectivity index (χ4n) is 1.61. The van der Waals surface area contributed by atoms with Crippen molar-refractivity contribution in [3.05, 3.63) is 34.9 Å². The Kier molecular flexibility index (Phi) is 5.63. The minimum atomic E-state index is -1.08. The molecule has 100 valence electrons. The van der Waals surface area contributed by atoms with Crippen molar-refractivity contribution in [2.45, 2.75) is 38.7 Å². The molecule has 0 saturated heterocycles. The van der Waals surface area contributed by atoms with E-state index in [9.17, 15) is 9.90 Å². The SMILES string of the molecule is CCCCC(=O)NCC(C)(O)c1ccc(Cl)cc1. The Hall–Kier alpha value is -1.06. The van der Waals surface area contributed by atoms with E-state index in [4.69, 9.17) is 11.6 Å². The molecular weight excluding hydrogens is 250 g/mol. The number of aliphatic hydroxyl groups is 1. The molecule has 0 radical (unpaired) electrons. The summed E-state index contributed by atoms with van der Waals surface area (Å²) in [6.07, 6.45) is 2.36. The smallest absolute Gasteiger partial charge is 0.220 e. The van der Waals surface area contributed by atoms with Gasteiger partial charge in [0.2, 0.25) is 5.91 Å². The molecule has 0 aromatic heterocycles. The molecule has 3 nitrogen and oxygen atoms in total. The highest BCUT2D eigenvalue weighted by atomic mass is 35.5. The van der Waals surface area contributed by atoms with Crippen LogP contribution in [0.4, 0.5) is 0 Å². The zero-order chi connectivity index (χ0) is 13.6. The fourth-order valence-corrected chi connectivity index (χ4v) is 1.73. The summed E-state index contributed by atoms with van der Waals surface area (Å²) in [5.74, 6) is -0.0221. The van der Waals surface area contributed by atoms with E-state index >= 15 is 0 Å². The molecule has 0 spiro atoms. The van der Waals surface area contributed by atoms with Gasteiger partial charge in [0, 0.05) is 11.4 Å². The molecule has 4 heteroatoms. The van der Waals surface area contributed by atoms with E-state index in [1.807, 2.05) is 6.92 Å². The van der Waals surface area contributed by atoms with Crippen LogP contribution in [0.1, 0.15) is 38.7 Å². The van der Waals surface area contributed by atoms with Crippen LogP contribution in [-0.4, -0.2) is 17.6 Å². The first-order valence-corrected chi connectivity index (χ1v) is 6.58. The Labute approximate surface area is 113 Å². The number of carbonyl (C=O) groups is 1. The summed E-state index contributed by atoms with van der Waals surface area (Å²) in [6.45, 7) is 3.92. The molecule has 1 atom stereocenters. The highest BCUT2D eigenvalue weighted by Crippen LogP contribution is 2.21. The molecule has 1 aromatic rings. The number of rotatable bonds is 6. The second-order valence-electron chi connectivity index (χ2n) is 4.66. The molecule has 0 bridgehead atoms. The molecule has 1 aromatic carbocycles. The van der Waals surface area contributed by atoms with Crippen molar-refractivity contribution in [2.75, 3.05) is 6.54 Å². The molecular formula is C14H20ClNO2. The minimum absolute atomic E-state index is 0.0221. The molecule has 0 saturated carbocycles. The monoisotopic (exact) mass is 269 g/mol. The second-order valence-corrected chi connectivity index (χ2v) is 5.10. The first-order valence-electron chi connectivity index (χ1n) is 6.21. The quantitative estimate of drug-likeness (QED) is 0.834. The van der Waals surface area contributed by atoms with Gasteiger partial charge < -0.3 is 10.4 Å². The van der Waals surface area contributed by atoms with Gasteiger partial charge in [-0.2, -0.15) is 0 Å². The van der Waals surface area contributed by atoms with Gasteiger partial charge in [0.15, 0.2) is 0 Å². The molecule has 0 aliphatic rings. The zero-order valence-corrected chi connectivity index (χ0v) is 11.6. The molecule has 1 amide bonds. The Morgan fingerprint density at radius 2 is 2.00 bits per heavy atom. The normalized spacial score (nSPS) is 14.0. The van der Waals surface area contributed by atoms with E-state index in [1.54, 1.807) is 31.2 Å². The predicted molar refractivity (Wildman–Crippen MR) is 73.6 cm³/mol. The summed E-state index contributed by atoms with van der Waals surface area (Å²) in [5, 5.41) is 13.7. The summed E-state index contributed by atoms with van der Waals surface area (Å²) in [5.41, 5.74) is -0.338. The number of hydrogen-bond acceptors (Lipinski definition) is 2. The van der Waals surface area contributed by atoms with Crippen LogP contribution >= 0.6 is 11.6 Å². The topological polar surface area (TPSA) is 49.3 Å². The molecule has 1 rings (SSSR count). The van der Waals surface area contributed by atoms with Crippen LogP contribution in [0.25, 0.3) is 0 Å². The van der Waals surface area contributed by atoms with Gasteiger partial charge in [-0.3, -0.25) is 4.79 Å². The maximum atomic E-state index is 11.5. The van der Waals surface area contributed by atoms with Gasteiger partial charge in [-0.25, -0.2) is 0 Å². The lowest BCUT2D eigenvalue weighted by Crippen LogP contribution is -2.38. The van der Waals surface area contributed by atoms with Crippen molar-refractivity contribution in [1.29, 1.82) is 0 Å². The summed E-state index contributed by atoms with van der Waals surface area (Å²) in [7, 11) is 0.